The molecule has 8 heteroatoms. The lowest BCUT2D eigenvalue weighted by Gasteiger charge is -2.03. The molecule has 1 N–H and O–H groups in total. The van der Waals surface area contributed by atoms with Gasteiger partial charge in [0.25, 0.3) is 5.95 Å². The van der Waals surface area contributed by atoms with Crippen LogP contribution in [0.2, 0.25) is 0 Å². The van der Waals surface area contributed by atoms with Crippen molar-refractivity contribution >= 4 is 17.0 Å². The molecule has 2 heterocycles. The summed E-state index contributed by atoms with van der Waals surface area (Å²) in [6, 6.07) is 5.91. The van der Waals surface area contributed by atoms with E-state index in [4.69, 9.17) is 0 Å². The smallest absolute Gasteiger partial charge is 0.328 e. The van der Waals surface area contributed by atoms with Crippen LogP contribution in [0, 0.1) is 0 Å². The van der Waals surface area contributed by atoms with Gasteiger partial charge in [-0.2, -0.15) is 4.80 Å². The van der Waals surface area contributed by atoms with Gasteiger partial charge in [-0.3, -0.25) is 9.13 Å². The molecular formula is C12H15N7O. The standard InChI is InChI=1S/C12H15N7O/c1-17-9-5-4-8(6-10(9)18(2)12(17)20)7-13-11-14-16-19(3)15-11/h4-6H,7H2,1-3H3,(H,13,15). The van der Waals surface area contributed by atoms with Gasteiger partial charge in [0.05, 0.1) is 18.1 Å². The molecule has 2 aromatic heterocycles. The molecule has 0 spiro atoms. The van der Waals surface area contributed by atoms with Crippen molar-refractivity contribution < 1.29 is 0 Å². The van der Waals surface area contributed by atoms with Crippen LogP contribution in [0.4, 0.5) is 5.95 Å². The molecule has 0 radical (unpaired) electrons. The maximum Gasteiger partial charge on any atom is 0.328 e. The summed E-state index contributed by atoms with van der Waals surface area (Å²) < 4.78 is 3.27. The highest BCUT2D eigenvalue weighted by molar-refractivity contribution is 5.76. The number of anilines is 1. The first kappa shape index (κ1) is 12.4. The van der Waals surface area contributed by atoms with E-state index >= 15 is 0 Å². The van der Waals surface area contributed by atoms with E-state index in [0.29, 0.717) is 12.5 Å². The van der Waals surface area contributed by atoms with Crippen molar-refractivity contribution in [3.63, 3.8) is 0 Å². The van der Waals surface area contributed by atoms with E-state index < -0.39 is 0 Å². The molecule has 0 aliphatic carbocycles. The van der Waals surface area contributed by atoms with Gasteiger partial charge in [0.1, 0.15) is 0 Å². The number of fused-ring (bicyclic) bond motifs is 1. The van der Waals surface area contributed by atoms with Crippen molar-refractivity contribution in [1.82, 2.24) is 29.3 Å². The Kier molecular flexibility index (Phi) is 2.78. The molecule has 3 aromatic rings. The highest BCUT2D eigenvalue weighted by Gasteiger charge is 2.08. The van der Waals surface area contributed by atoms with Crippen LogP contribution in [0.5, 0.6) is 0 Å². The monoisotopic (exact) mass is 273 g/mol. The summed E-state index contributed by atoms with van der Waals surface area (Å²) in [7, 11) is 5.25. The fourth-order valence-electron chi connectivity index (χ4n) is 2.20. The number of nitrogens with one attached hydrogen (secondary N) is 1. The minimum absolute atomic E-state index is 0.0271. The average molecular weight is 273 g/mol. The quantitative estimate of drug-likeness (QED) is 0.727. The van der Waals surface area contributed by atoms with Gasteiger partial charge in [-0.25, -0.2) is 4.79 Å². The third-order valence-corrected chi connectivity index (χ3v) is 3.30. The predicted octanol–water partition coefficient (Wildman–Crippen LogP) is 0.0126. The molecule has 3 rings (SSSR count). The Morgan fingerprint density at radius 1 is 1.15 bits per heavy atom. The summed E-state index contributed by atoms with van der Waals surface area (Å²) in [5, 5.41) is 14.7. The summed E-state index contributed by atoms with van der Waals surface area (Å²) in [6.07, 6.45) is 0. The lowest BCUT2D eigenvalue weighted by atomic mass is 10.2. The van der Waals surface area contributed by atoms with E-state index in [1.165, 1.54) is 4.80 Å². The second-order valence-electron chi connectivity index (χ2n) is 4.68. The summed E-state index contributed by atoms with van der Waals surface area (Å²) in [4.78, 5) is 13.3. The molecule has 0 saturated carbocycles. The Bertz CT molecular complexity index is 826. The van der Waals surface area contributed by atoms with Gasteiger partial charge in [0, 0.05) is 20.6 Å². The lowest BCUT2D eigenvalue weighted by Crippen LogP contribution is -2.19. The number of rotatable bonds is 3. The van der Waals surface area contributed by atoms with Crippen LogP contribution in [0.25, 0.3) is 11.0 Å². The Morgan fingerprint density at radius 3 is 2.60 bits per heavy atom. The molecule has 0 fully saturated rings. The first-order chi connectivity index (χ1) is 9.56. The van der Waals surface area contributed by atoms with Crippen molar-refractivity contribution in [3.05, 3.63) is 34.2 Å². The Balaban J connectivity index is 1.89. The van der Waals surface area contributed by atoms with Crippen LogP contribution < -0.4 is 11.0 Å². The zero-order chi connectivity index (χ0) is 14.3. The van der Waals surface area contributed by atoms with Gasteiger partial charge >= 0.3 is 5.69 Å². The van der Waals surface area contributed by atoms with Crippen LogP contribution >= 0.6 is 0 Å². The van der Waals surface area contributed by atoms with E-state index in [9.17, 15) is 4.79 Å². The molecule has 0 aliphatic heterocycles. The number of hydrogen-bond acceptors (Lipinski definition) is 5. The third-order valence-electron chi connectivity index (χ3n) is 3.30. The maximum absolute atomic E-state index is 11.9. The molecule has 8 nitrogen and oxygen atoms in total. The van der Waals surface area contributed by atoms with Crippen molar-refractivity contribution in [3.8, 4) is 0 Å². The Morgan fingerprint density at radius 2 is 1.90 bits per heavy atom. The van der Waals surface area contributed by atoms with Crippen LogP contribution in [0.15, 0.2) is 23.0 Å². The van der Waals surface area contributed by atoms with Gasteiger partial charge < -0.3 is 5.32 Å². The normalized spacial score (nSPS) is 11.2. The van der Waals surface area contributed by atoms with Gasteiger partial charge in [-0.15, -0.1) is 5.10 Å². The van der Waals surface area contributed by atoms with E-state index in [2.05, 4.69) is 20.7 Å². The summed E-state index contributed by atoms with van der Waals surface area (Å²) in [6.45, 7) is 0.574. The number of aryl methyl sites for hydroxylation is 3. The highest BCUT2D eigenvalue weighted by atomic mass is 16.1. The number of hydrogen-bond donors (Lipinski definition) is 1. The minimum Gasteiger partial charge on any atom is -0.348 e. The molecule has 0 aliphatic rings. The van der Waals surface area contributed by atoms with Gasteiger partial charge in [-0.05, 0) is 22.9 Å². The largest absolute Gasteiger partial charge is 0.348 e. The fourth-order valence-corrected chi connectivity index (χ4v) is 2.20. The second kappa shape index (κ2) is 4.48. The summed E-state index contributed by atoms with van der Waals surface area (Å²) in [5.74, 6) is 0.481. The molecular weight excluding hydrogens is 258 g/mol. The van der Waals surface area contributed by atoms with Crippen LogP contribution in [-0.2, 0) is 27.7 Å². The second-order valence-corrected chi connectivity index (χ2v) is 4.68. The number of tetrazole rings is 1. The number of nitrogens with zero attached hydrogens (tertiary/aromatic N) is 6. The van der Waals surface area contributed by atoms with Crippen molar-refractivity contribution in [2.75, 3.05) is 5.32 Å². The number of imidazole rings is 1. The lowest BCUT2D eigenvalue weighted by molar-refractivity contribution is 0.630. The minimum atomic E-state index is -0.0271. The molecule has 104 valence electrons. The first-order valence-corrected chi connectivity index (χ1v) is 6.18. The molecule has 0 saturated heterocycles. The predicted molar refractivity (Wildman–Crippen MR) is 74.3 cm³/mol. The average Bonchev–Trinajstić information content (AvgIpc) is 2.95. The third kappa shape index (κ3) is 1.94. The molecule has 0 bridgehead atoms. The Labute approximate surface area is 114 Å². The SMILES string of the molecule is Cn1nnc(NCc2ccc3c(c2)n(C)c(=O)n3C)n1. The van der Waals surface area contributed by atoms with Crippen LogP contribution in [0.3, 0.4) is 0 Å². The van der Waals surface area contributed by atoms with Gasteiger partial charge in [0.2, 0.25) is 0 Å². The van der Waals surface area contributed by atoms with E-state index in [0.717, 1.165) is 16.6 Å². The number of aromatic nitrogens is 6. The molecule has 1 aromatic carbocycles. The molecule has 0 atom stereocenters. The number of benzene rings is 1. The maximum atomic E-state index is 11.9. The van der Waals surface area contributed by atoms with E-state index in [1.54, 1.807) is 30.3 Å². The summed E-state index contributed by atoms with van der Waals surface area (Å²) in [5.41, 5.74) is 2.84. The van der Waals surface area contributed by atoms with Crippen LogP contribution in [-0.4, -0.2) is 29.3 Å². The molecule has 20 heavy (non-hydrogen) atoms. The van der Waals surface area contributed by atoms with Crippen LogP contribution in [0.1, 0.15) is 5.56 Å². The van der Waals surface area contributed by atoms with Gasteiger partial charge in [-0.1, -0.05) is 11.2 Å². The first-order valence-electron chi connectivity index (χ1n) is 6.18. The Hall–Kier alpha value is -2.64. The van der Waals surface area contributed by atoms with Crippen molar-refractivity contribution in [2.24, 2.45) is 21.1 Å². The highest BCUT2D eigenvalue weighted by Crippen LogP contribution is 2.14. The fraction of sp³-hybridized carbons (Fsp3) is 0.333. The van der Waals surface area contributed by atoms with Crippen molar-refractivity contribution in [2.45, 2.75) is 6.54 Å². The van der Waals surface area contributed by atoms with E-state index in [-0.39, 0.29) is 5.69 Å². The topological polar surface area (TPSA) is 82.6 Å². The molecule has 0 amide bonds. The van der Waals surface area contributed by atoms with Gasteiger partial charge in [0.15, 0.2) is 0 Å². The molecule has 0 unspecified atom stereocenters. The zero-order valence-corrected chi connectivity index (χ0v) is 11.5. The zero-order valence-electron chi connectivity index (χ0n) is 11.5. The van der Waals surface area contributed by atoms with Crippen molar-refractivity contribution in [1.29, 1.82) is 0 Å². The summed E-state index contributed by atoms with van der Waals surface area (Å²) >= 11 is 0. The van der Waals surface area contributed by atoms with E-state index in [1.807, 2.05) is 18.2 Å².